The van der Waals surface area contributed by atoms with Gasteiger partial charge in [-0.1, -0.05) is 6.42 Å². The molecule has 0 fully saturated rings. The molecule has 14 nitrogen and oxygen atoms in total. The van der Waals surface area contributed by atoms with Crippen molar-refractivity contribution in [2.24, 2.45) is 11.5 Å². The van der Waals surface area contributed by atoms with Crippen LogP contribution >= 0.6 is 0 Å². The maximum absolute atomic E-state index is 12.7. The minimum atomic E-state index is -1.71. The van der Waals surface area contributed by atoms with E-state index in [2.05, 4.69) is 10.6 Å². The van der Waals surface area contributed by atoms with Crippen LogP contribution < -0.4 is 27.4 Å². The van der Waals surface area contributed by atoms with E-state index in [4.69, 9.17) is 21.7 Å². The van der Waals surface area contributed by atoms with E-state index in [1.165, 1.54) is 6.92 Å². The van der Waals surface area contributed by atoms with Crippen LogP contribution in [0.4, 0.5) is 0 Å². The third-order valence-electron chi connectivity index (χ3n) is 4.69. The lowest BCUT2D eigenvalue weighted by atomic mass is 10.1. The number of carbonyl (C=O) groups is 5. The second-order valence-corrected chi connectivity index (χ2v) is 7.68. The SMILES string of the molecule is CC(O)C(NC(=O)C(CCC(=O)O)NC(=O)C(NC(=O)C(N)CCCCN)C(C)O)C(=O)O. The highest BCUT2D eigenvalue weighted by molar-refractivity contribution is 5.94. The Kier molecular flexibility index (Phi) is 13.8. The van der Waals surface area contributed by atoms with Crippen LogP contribution in [0.25, 0.3) is 0 Å². The van der Waals surface area contributed by atoms with Crippen molar-refractivity contribution in [2.45, 2.75) is 82.3 Å². The zero-order chi connectivity index (χ0) is 25.7. The maximum Gasteiger partial charge on any atom is 0.328 e. The van der Waals surface area contributed by atoms with Crippen LogP contribution in [0.15, 0.2) is 0 Å². The predicted molar refractivity (Wildman–Crippen MR) is 115 cm³/mol. The van der Waals surface area contributed by atoms with Gasteiger partial charge in [-0.05, 0) is 39.7 Å². The Morgan fingerprint density at radius 2 is 1.33 bits per heavy atom. The fourth-order valence-corrected chi connectivity index (χ4v) is 2.75. The summed E-state index contributed by atoms with van der Waals surface area (Å²) in [5.74, 6) is -5.62. The second kappa shape index (κ2) is 15.1. The van der Waals surface area contributed by atoms with E-state index in [9.17, 15) is 34.2 Å². The number of carboxylic acid groups (broad SMARTS) is 2. The van der Waals surface area contributed by atoms with Gasteiger partial charge in [0.15, 0.2) is 6.04 Å². The van der Waals surface area contributed by atoms with Crippen LogP contribution in [0.3, 0.4) is 0 Å². The molecule has 11 N–H and O–H groups in total. The third-order valence-corrected chi connectivity index (χ3v) is 4.69. The van der Waals surface area contributed by atoms with Gasteiger partial charge in [0.1, 0.15) is 12.1 Å². The molecule has 0 radical (unpaired) electrons. The van der Waals surface area contributed by atoms with Crippen LogP contribution in [0.2, 0.25) is 0 Å². The van der Waals surface area contributed by atoms with Crippen molar-refractivity contribution in [1.82, 2.24) is 16.0 Å². The lowest BCUT2D eigenvalue weighted by molar-refractivity contribution is -0.145. The van der Waals surface area contributed by atoms with Gasteiger partial charge < -0.3 is 47.8 Å². The molecule has 0 aliphatic carbocycles. The molecule has 0 heterocycles. The summed E-state index contributed by atoms with van der Waals surface area (Å²) in [6, 6.07) is -5.73. The van der Waals surface area contributed by atoms with Crippen LogP contribution in [0.5, 0.6) is 0 Å². The number of hydrogen-bond donors (Lipinski definition) is 9. The standard InChI is InChI=1S/C19H35N5O9/c1-9(25)14(23-16(29)11(21)5-3-4-8-20)18(31)22-12(6-7-13(27)28)17(30)24-15(10(2)26)19(32)33/h9-12,14-15,25-26H,3-8,20-21H2,1-2H3,(H,22,31)(H,23,29)(H,24,30)(H,27,28)(H,32,33). The minimum Gasteiger partial charge on any atom is -0.481 e. The number of rotatable bonds is 16. The number of aliphatic hydroxyl groups excluding tert-OH is 2. The predicted octanol–water partition coefficient (Wildman–Crippen LogP) is -3.39. The Morgan fingerprint density at radius 1 is 0.788 bits per heavy atom. The summed E-state index contributed by atoms with van der Waals surface area (Å²) in [7, 11) is 0. The number of carbonyl (C=O) groups excluding carboxylic acids is 3. The van der Waals surface area contributed by atoms with E-state index in [1.807, 2.05) is 5.32 Å². The Labute approximate surface area is 191 Å². The van der Waals surface area contributed by atoms with E-state index in [1.54, 1.807) is 0 Å². The van der Waals surface area contributed by atoms with Gasteiger partial charge in [-0.25, -0.2) is 4.79 Å². The van der Waals surface area contributed by atoms with Crippen molar-refractivity contribution in [2.75, 3.05) is 6.54 Å². The molecule has 6 unspecified atom stereocenters. The third kappa shape index (κ3) is 11.6. The molecule has 3 amide bonds. The first kappa shape index (κ1) is 30.2. The van der Waals surface area contributed by atoms with Crippen LogP contribution in [0, 0.1) is 0 Å². The monoisotopic (exact) mass is 477 g/mol. The Balaban J connectivity index is 5.40. The van der Waals surface area contributed by atoms with E-state index in [-0.39, 0.29) is 6.42 Å². The Hall–Kier alpha value is -2.81. The number of nitrogens with one attached hydrogen (secondary N) is 3. The molecule has 0 aliphatic rings. The molecule has 0 aliphatic heterocycles. The van der Waals surface area contributed by atoms with Gasteiger partial charge >= 0.3 is 11.9 Å². The quantitative estimate of drug-likeness (QED) is 0.0990. The number of nitrogens with two attached hydrogens (primary N) is 2. The van der Waals surface area contributed by atoms with E-state index in [0.717, 1.165) is 6.92 Å². The van der Waals surface area contributed by atoms with Gasteiger partial charge in [-0.3, -0.25) is 19.2 Å². The maximum atomic E-state index is 12.7. The molecule has 0 saturated carbocycles. The summed E-state index contributed by atoms with van der Waals surface area (Å²) in [5.41, 5.74) is 11.2. The minimum absolute atomic E-state index is 0.288. The zero-order valence-electron chi connectivity index (χ0n) is 18.7. The van der Waals surface area contributed by atoms with Gasteiger partial charge in [0, 0.05) is 6.42 Å². The summed E-state index contributed by atoms with van der Waals surface area (Å²) in [6.07, 6.45) is -2.35. The largest absolute Gasteiger partial charge is 0.481 e. The highest BCUT2D eigenvalue weighted by Crippen LogP contribution is 2.05. The zero-order valence-corrected chi connectivity index (χ0v) is 18.7. The number of carboxylic acids is 2. The van der Waals surface area contributed by atoms with Gasteiger partial charge in [0.25, 0.3) is 0 Å². The van der Waals surface area contributed by atoms with Crippen molar-refractivity contribution in [3.8, 4) is 0 Å². The summed E-state index contributed by atoms with van der Waals surface area (Å²) < 4.78 is 0. The average Bonchev–Trinajstić information content (AvgIpc) is 2.71. The number of amides is 3. The highest BCUT2D eigenvalue weighted by Gasteiger charge is 2.33. The lowest BCUT2D eigenvalue weighted by Gasteiger charge is -2.26. The molecular weight excluding hydrogens is 442 g/mol. The molecule has 33 heavy (non-hydrogen) atoms. The first-order valence-electron chi connectivity index (χ1n) is 10.5. The molecule has 0 aromatic rings. The highest BCUT2D eigenvalue weighted by atomic mass is 16.4. The number of aliphatic hydroxyl groups is 2. The van der Waals surface area contributed by atoms with Crippen molar-refractivity contribution in [3.05, 3.63) is 0 Å². The molecular formula is C19H35N5O9. The van der Waals surface area contributed by atoms with Crippen molar-refractivity contribution >= 4 is 29.7 Å². The normalized spacial score (nSPS) is 16.4. The first-order chi connectivity index (χ1) is 15.3. The van der Waals surface area contributed by atoms with Gasteiger partial charge in [0.2, 0.25) is 17.7 Å². The molecule has 190 valence electrons. The molecule has 6 atom stereocenters. The van der Waals surface area contributed by atoms with E-state index in [0.29, 0.717) is 19.4 Å². The molecule has 0 spiro atoms. The van der Waals surface area contributed by atoms with Crippen LogP contribution in [0.1, 0.15) is 46.0 Å². The lowest BCUT2D eigenvalue weighted by Crippen LogP contribution is -2.60. The average molecular weight is 478 g/mol. The second-order valence-electron chi connectivity index (χ2n) is 7.68. The smallest absolute Gasteiger partial charge is 0.328 e. The molecule has 0 aromatic carbocycles. The number of hydrogen-bond acceptors (Lipinski definition) is 9. The van der Waals surface area contributed by atoms with E-state index < -0.39 is 78.9 Å². The summed E-state index contributed by atoms with van der Waals surface area (Å²) >= 11 is 0. The molecule has 0 rings (SSSR count). The molecule has 0 saturated heterocycles. The van der Waals surface area contributed by atoms with Crippen LogP contribution in [-0.4, -0.2) is 93.0 Å². The van der Waals surface area contributed by atoms with Crippen molar-refractivity contribution in [3.63, 3.8) is 0 Å². The van der Waals surface area contributed by atoms with Crippen molar-refractivity contribution in [1.29, 1.82) is 0 Å². The fourth-order valence-electron chi connectivity index (χ4n) is 2.75. The molecule has 0 bridgehead atoms. The van der Waals surface area contributed by atoms with Gasteiger partial charge in [-0.15, -0.1) is 0 Å². The topological polar surface area (TPSA) is 254 Å². The Bertz CT molecular complexity index is 687. The summed E-state index contributed by atoms with van der Waals surface area (Å²) in [5, 5.41) is 44.0. The van der Waals surface area contributed by atoms with Gasteiger partial charge in [0.05, 0.1) is 18.2 Å². The number of unbranched alkanes of at least 4 members (excludes halogenated alkanes) is 1. The first-order valence-corrected chi connectivity index (χ1v) is 10.5. The van der Waals surface area contributed by atoms with Gasteiger partial charge in [-0.2, -0.15) is 0 Å². The molecule has 0 aromatic heterocycles. The Morgan fingerprint density at radius 3 is 1.79 bits per heavy atom. The summed E-state index contributed by atoms with van der Waals surface area (Å²) in [4.78, 5) is 59.6. The molecule has 14 heteroatoms. The number of aliphatic carboxylic acids is 2. The van der Waals surface area contributed by atoms with Crippen molar-refractivity contribution < 1.29 is 44.4 Å². The summed E-state index contributed by atoms with van der Waals surface area (Å²) in [6.45, 7) is 2.76. The fraction of sp³-hybridized carbons (Fsp3) is 0.737. The van der Waals surface area contributed by atoms with E-state index >= 15 is 0 Å². The van der Waals surface area contributed by atoms with Crippen LogP contribution in [-0.2, 0) is 24.0 Å².